The summed E-state index contributed by atoms with van der Waals surface area (Å²) >= 11 is 0. The number of carbonyl (C=O) groups excluding carboxylic acids is 5. The maximum absolute atomic E-state index is 17.3. The number of phenols is 1. The van der Waals surface area contributed by atoms with E-state index in [-0.39, 0.29) is 101 Å². The first kappa shape index (κ1) is 51.9. The van der Waals surface area contributed by atoms with E-state index >= 15 is 8.78 Å². The molecule has 7 aliphatic rings. The van der Waals surface area contributed by atoms with Gasteiger partial charge in [-0.2, -0.15) is 9.97 Å². The molecule has 79 heavy (non-hydrogen) atoms. The Balaban J connectivity index is 0.648. The highest BCUT2D eigenvalue weighted by Crippen LogP contribution is 2.45. The molecule has 0 spiro atoms. The Kier molecular flexibility index (Phi) is 13.9. The average molecular weight is 1080 g/mol. The predicted octanol–water partition coefficient (Wildman–Crippen LogP) is 5.73. The molecule has 0 saturated carbocycles. The van der Waals surface area contributed by atoms with Gasteiger partial charge in [0.25, 0.3) is 11.8 Å². The number of phenolic OH excluding ortho intramolecular Hbond substituents is 1. The number of hydrogen-bond donors (Lipinski definition) is 4. The average Bonchev–Trinajstić information content (AvgIpc) is 4.37. The minimum Gasteiger partial charge on any atom is -0.508 e. The summed E-state index contributed by atoms with van der Waals surface area (Å²) in [6.45, 7) is 10.6. The highest BCUT2D eigenvalue weighted by molar-refractivity contribution is 6.25. The number of fused-ring (bicyclic) bond motifs is 6. The molecule has 9 heterocycles. The van der Waals surface area contributed by atoms with Gasteiger partial charge in [-0.25, -0.2) is 13.6 Å². The number of rotatable bonds is 15. The van der Waals surface area contributed by atoms with Gasteiger partial charge in [0.15, 0.2) is 5.82 Å². The standard InChI is InChI=1S/C58H61F2N11O8/c1-3-39-43(59)13-10-34-24-38(72)25-41(47(34)39)50-49(60)51-42(27-62-50)52(69-29-35-11-12-36(30-69)63-35)66-56(65-51)79-32-58-17-16-37(70(58)28-33(2)26-58)31-78-57(77)68-22-20-67(21-23-68)19-6-4-5-18-61-44-9-7-8-40-48(44)55(76)71(54(40)75)45-14-15-46(73)64-53(45)74/h1,7-10,13,24-25,27,35-37,45,61,63,72H,2,4-6,11-12,14-23,26,28-32H2,(H,64,73,74)/t35?,36?,37-,45?,58?/m0/s1. The fourth-order valence-electron chi connectivity index (χ4n) is 13.1. The zero-order valence-electron chi connectivity index (χ0n) is 43.7. The van der Waals surface area contributed by atoms with Crippen LogP contribution in [-0.2, 0) is 14.3 Å². The molecule has 2 aromatic heterocycles. The summed E-state index contributed by atoms with van der Waals surface area (Å²) in [4.78, 5) is 88.1. The van der Waals surface area contributed by atoms with Gasteiger partial charge in [-0.3, -0.25) is 44.2 Å². The van der Waals surface area contributed by atoms with Crippen molar-refractivity contribution in [3.63, 3.8) is 0 Å². The molecule has 12 rings (SSSR count). The summed E-state index contributed by atoms with van der Waals surface area (Å²) in [5.41, 5.74) is 1.43. The number of anilines is 2. The molecule has 3 aromatic carbocycles. The number of piperidine rings is 1. The number of hydrogen-bond acceptors (Lipinski definition) is 16. The molecule has 5 amide bonds. The number of nitrogens with one attached hydrogen (secondary N) is 3. The second-order valence-corrected chi connectivity index (χ2v) is 22.0. The number of pyridine rings is 1. The van der Waals surface area contributed by atoms with E-state index in [0.29, 0.717) is 81.1 Å². The molecule has 21 heteroatoms. The number of benzene rings is 3. The van der Waals surface area contributed by atoms with Gasteiger partial charge in [-0.05, 0) is 93.6 Å². The number of halogens is 2. The quantitative estimate of drug-likeness (QED) is 0.0426. The van der Waals surface area contributed by atoms with Crippen molar-refractivity contribution >= 4 is 62.9 Å². The number of aromatic nitrogens is 3. The van der Waals surface area contributed by atoms with Crippen LogP contribution in [0.15, 0.2) is 60.8 Å². The second-order valence-electron chi connectivity index (χ2n) is 22.0. The van der Waals surface area contributed by atoms with Crippen molar-refractivity contribution in [2.24, 2.45) is 0 Å². The molecule has 7 aliphatic heterocycles. The largest absolute Gasteiger partial charge is 0.508 e. The predicted molar refractivity (Wildman–Crippen MR) is 288 cm³/mol. The minimum atomic E-state index is -1.02. The van der Waals surface area contributed by atoms with Crippen molar-refractivity contribution in [2.75, 3.05) is 82.3 Å². The number of nitrogens with zero attached hydrogens (tertiary/aromatic N) is 8. The Labute approximate surface area is 454 Å². The Hall–Kier alpha value is -7.80. The Morgan fingerprint density at radius 3 is 2.56 bits per heavy atom. The number of terminal acetylenes is 1. The fraction of sp³-hybridized carbons (Fsp3) is 0.448. The van der Waals surface area contributed by atoms with E-state index < -0.39 is 46.8 Å². The summed E-state index contributed by atoms with van der Waals surface area (Å²) < 4.78 is 45.0. The van der Waals surface area contributed by atoms with Crippen LogP contribution in [-0.4, -0.2) is 171 Å². The molecule has 5 aromatic rings. The smallest absolute Gasteiger partial charge is 0.409 e. The molecule has 4 N–H and O–H groups in total. The lowest BCUT2D eigenvalue weighted by Gasteiger charge is -2.36. The molecule has 410 valence electrons. The van der Waals surface area contributed by atoms with Gasteiger partial charge in [0.2, 0.25) is 11.8 Å². The fourth-order valence-corrected chi connectivity index (χ4v) is 13.1. The topological polar surface area (TPSA) is 215 Å². The number of piperazine rings is 2. The maximum atomic E-state index is 17.3. The molecule has 6 saturated heterocycles. The second kappa shape index (κ2) is 21.1. The molecule has 0 aliphatic carbocycles. The number of imide groups is 2. The van der Waals surface area contributed by atoms with E-state index in [4.69, 9.17) is 25.9 Å². The van der Waals surface area contributed by atoms with E-state index in [2.05, 4.69) is 48.1 Å². The lowest BCUT2D eigenvalue weighted by atomic mass is 9.94. The van der Waals surface area contributed by atoms with Crippen LogP contribution in [0, 0.1) is 24.0 Å². The SMILES string of the molecule is C#Cc1c(F)ccc2cc(O)cc(-c3ncc4c(N5CC6CCC(C5)N6)nc(OCC56CC[C@@H](COC(=O)N7CCN(CCCCCNc8cccc9c8C(=O)N(C8CCC(=O)NC8=O)C9=O)CC7)N5CC(=C)C6)nc4c3F)c12. The van der Waals surface area contributed by atoms with Crippen molar-refractivity contribution < 1.29 is 47.3 Å². The lowest BCUT2D eigenvalue weighted by molar-refractivity contribution is -0.136. The first-order valence-corrected chi connectivity index (χ1v) is 27.3. The number of aromatic hydroxyl groups is 1. The third kappa shape index (κ3) is 9.73. The molecular weight excluding hydrogens is 1020 g/mol. The van der Waals surface area contributed by atoms with Crippen LogP contribution in [0.25, 0.3) is 32.9 Å². The van der Waals surface area contributed by atoms with Crippen LogP contribution in [0.1, 0.15) is 90.5 Å². The van der Waals surface area contributed by atoms with Gasteiger partial charge < -0.3 is 35.0 Å². The van der Waals surface area contributed by atoms with E-state index in [1.54, 1.807) is 23.1 Å². The Morgan fingerprint density at radius 1 is 0.962 bits per heavy atom. The van der Waals surface area contributed by atoms with E-state index in [9.17, 15) is 29.1 Å². The van der Waals surface area contributed by atoms with Gasteiger partial charge in [-0.1, -0.05) is 36.6 Å². The van der Waals surface area contributed by atoms with Crippen LogP contribution in [0.4, 0.5) is 25.1 Å². The van der Waals surface area contributed by atoms with Gasteiger partial charge in [0.1, 0.15) is 47.9 Å². The van der Waals surface area contributed by atoms with E-state index in [1.165, 1.54) is 30.5 Å². The molecule has 4 unspecified atom stereocenters. The maximum Gasteiger partial charge on any atom is 0.409 e. The van der Waals surface area contributed by atoms with Gasteiger partial charge >= 0.3 is 12.1 Å². The zero-order chi connectivity index (χ0) is 54.7. The summed E-state index contributed by atoms with van der Waals surface area (Å²) in [6, 6.07) is 9.88. The summed E-state index contributed by atoms with van der Waals surface area (Å²) in [6.07, 6.45) is 14.0. The Bertz CT molecular complexity index is 3390. The van der Waals surface area contributed by atoms with Crippen LogP contribution in [0.5, 0.6) is 11.8 Å². The first-order valence-electron chi connectivity index (χ1n) is 27.3. The normalized spacial score (nSPS) is 24.1. The summed E-state index contributed by atoms with van der Waals surface area (Å²) in [5, 5.41) is 21.0. The van der Waals surface area contributed by atoms with Crippen LogP contribution in [0.3, 0.4) is 0 Å². The molecule has 6 fully saturated rings. The van der Waals surface area contributed by atoms with Gasteiger partial charge in [0.05, 0.1) is 27.6 Å². The molecule has 5 atom stereocenters. The Morgan fingerprint density at radius 2 is 1.77 bits per heavy atom. The number of unbranched alkanes of at least 4 members (excludes halogenated alkanes) is 2. The highest BCUT2D eigenvalue weighted by Gasteiger charge is 2.52. The first-order chi connectivity index (χ1) is 38.2. The number of amides is 5. The molecule has 2 bridgehead atoms. The van der Waals surface area contributed by atoms with Gasteiger partial charge in [-0.15, -0.1) is 6.42 Å². The van der Waals surface area contributed by atoms with Crippen molar-refractivity contribution in [2.45, 2.75) is 93.9 Å². The third-order valence-electron chi connectivity index (χ3n) is 17.0. The van der Waals surface area contributed by atoms with Crippen LogP contribution >= 0.6 is 0 Å². The molecule has 19 nitrogen and oxygen atoms in total. The minimum absolute atomic E-state index is 0.00884. The van der Waals surface area contributed by atoms with Crippen molar-refractivity contribution in [3.8, 4) is 35.4 Å². The number of ether oxygens (including phenoxy) is 2. The van der Waals surface area contributed by atoms with Crippen molar-refractivity contribution in [1.82, 2.24) is 45.2 Å². The molecule has 0 radical (unpaired) electrons. The van der Waals surface area contributed by atoms with Crippen LogP contribution < -0.4 is 25.6 Å². The van der Waals surface area contributed by atoms with Crippen molar-refractivity contribution in [1.29, 1.82) is 0 Å². The number of carbonyl (C=O) groups is 5. The van der Waals surface area contributed by atoms with Crippen molar-refractivity contribution in [3.05, 3.63) is 89.1 Å². The summed E-state index contributed by atoms with van der Waals surface area (Å²) in [5.74, 6) is -0.861. The highest BCUT2D eigenvalue weighted by atomic mass is 19.1. The van der Waals surface area contributed by atoms with E-state index in [1.807, 2.05) is 0 Å². The van der Waals surface area contributed by atoms with Crippen LogP contribution in [0.2, 0.25) is 0 Å². The third-order valence-corrected chi connectivity index (χ3v) is 17.0. The van der Waals surface area contributed by atoms with Gasteiger partial charge in [0, 0.05) is 99.7 Å². The summed E-state index contributed by atoms with van der Waals surface area (Å²) in [7, 11) is 0. The van der Waals surface area contributed by atoms with E-state index in [0.717, 1.165) is 62.0 Å². The molecular formula is C58H61F2N11O8. The lowest BCUT2D eigenvalue weighted by Crippen LogP contribution is -2.54. The zero-order valence-corrected chi connectivity index (χ0v) is 43.7. The monoisotopic (exact) mass is 1080 g/mol.